The standard InChI is InChI=1S/C15H20INO2/c1-11-5-3-7-13(14(11)16)15(18)17-8-4-6-12(9-17)10-19-2/h3,5,7,12H,4,6,8-10H2,1-2H3. The molecule has 1 unspecified atom stereocenters. The van der Waals surface area contributed by atoms with Gasteiger partial charge in [0.1, 0.15) is 0 Å². The number of hydrogen-bond acceptors (Lipinski definition) is 2. The molecule has 1 aromatic carbocycles. The van der Waals surface area contributed by atoms with Crippen LogP contribution in [0.2, 0.25) is 0 Å². The molecule has 4 heteroatoms. The van der Waals surface area contributed by atoms with Crippen molar-refractivity contribution in [3.63, 3.8) is 0 Å². The van der Waals surface area contributed by atoms with Crippen LogP contribution in [0, 0.1) is 16.4 Å². The van der Waals surface area contributed by atoms with Gasteiger partial charge in [-0.15, -0.1) is 0 Å². The van der Waals surface area contributed by atoms with Crippen LogP contribution >= 0.6 is 22.6 Å². The first-order valence-corrected chi connectivity index (χ1v) is 7.74. The summed E-state index contributed by atoms with van der Waals surface area (Å²) in [6.45, 7) is 4.47. The van der Waals surface area contributed by atoms with Crippen molar-refractivity contribution in [2.24, 2.45) is 5.92 Å². The average Bonchev–Trinajstić information content (AvgIpc) is 2.42. The number of halogens is 1. The minimum atomic E-state index is 0.161. The van der Waals surface area contributed by atoms with E-state index in [9.17, 15) is 4.79 Å². The van der Waals surface area contributed by atoms with Crippen LogP contribution in [-0.4, -0.2) is 37.6 Å². The topological polar surface area (TPSA) is 29.5 Å². The summed E-state index contributed by atoms with van der Waals surface area (Å²) >= 11 is 2.27. The molecule has 3 nitrogen and oxygen atoms in total. The highest BCUT2D eigenvalue weighted by Crippen LogP contribution is 2.22. The van der Waals surface area contributed by atoms with Gasteiger partial charge in [-0.1, -0.05) is 12.1 Å². The molecule has 0 aliphatic carbocycles. The van der Waals surface area contributed by atoms with Crippen molar-refractivity contribution in [1.82, 2.24) is 4.90 Å². The zero-order chi connectivity index (χ0) is 13.8. The van der Waals surface area contributed by atoms with E-state index in [1.54, 1.807) is 7.11 Å². The highest BCUT2D eigenvalue weighted by molar-refractivity contribution is 14.1. The van der Waals surface area contributed by atoms with Gasteiger partial charge in [0.2, 0.25) is 0 Å². The number of amides is 1. The molecule has 104 valence electrons. The maximum atomic E-state index is 12.6. The fourth-order valence-corrected chi connectivity index (χ4v) is 3.19. The molecule has 0 aromatic heterocycles. The number of carbonyl (C=O) groups is 1. The van der Waals surface area contributed by atoms with Gasteiger partial charge >= 0.3 is 0 Å². The van der Waals surface area contributed by atoms with Gasteiger partial charge in [-0.25, -0.2) is 0 Å². The molecule has 0 N–H and O–H groups in total. The second kappa shape index (κ2) is 6.70. The van der Waals surface area contributed by atoms with Crippen LogP contribution in [-0.2, 0) is 4.74 Å². The Morgan fingerprint density at radius 2 is 2.32 bits per heavy atom. The summed E-state index contributed by atoms with van der Waals surface area (Å²) in [7, 11) is 1.73. The lowest BCUT2D eigenvalue weighted by Crippen LogP contribution is -2.41. The molecular formula is C15H20INO2. The highest BCUT2D eigenvalue weighted by atomic mass is 127. The lowest BCUT2D eigenvalue weighted by Gasteiger charge is -2.32. The Balaban J connectivity index is 2.12. The summed E-state index contributed by atoms with van der Waals surface area (Å²) in [5.74, 6) is 0.638. The van der Waals surface area contributed by atoms with Gasteiger partial charge in [-0.2, -0.15) is 0 Å². The zero-order valence-electron chi connectivity index (χ0n) is 11.5. The number of aryl methyl sites for hydroxylation is 1. The molecular weight excluding hydrogens is 353 g/mol. The van der Waals surface area contributed by atoms with Crippen LogP contribution in [0.5, 0.6) is 0 Å². The van der Waals surface area contributed by atoms with Crippen LogP contribution < -0.4 is 0 Å². The Labute approximate surface area is 128 Å². The number of rotatable bonds is 3. The van der Waals surface area contributed by atoms with Gasteiger partial charge in [-0.05, 0) is 59.9 Å². The third-order valence-electron chi connectivity index (χ3n) is 3.63. The summed E-state index contributed by atoms with van der Waals surface area (Å²) in [5, 5.41) is 0. The Kier molecular flexibility index (Phi) is 5.21. The summed E-state index contributed by atoms with van der Waals surface area (Å²) in [4.78, 5) is 14.6. The summed E-state index contributed by atoms with van der Waals surface area (Å²) in [6.07, 6.45) is 2.23. The molecule has 1 heterocycles. The average molecular weight is 373 g/mol. The molecule has 1 fully saturated rings. The molecule has 1 atom stereocenters. The Hall–Kier alpha value is -0.620. The number of hydrogen-bond donors (Lipinski definition) is 0. The Morgan fingerprint density at radius 3 is 3.05 bits per heavy atom. The molecule has 1 aliphatic rings. The van der Waals surface area contributed by atoms with E-state index >= 15 is 0 Å². The molecule has 1 aliphatic heterocycles. The normalized spacial score (nSPS) is 19.5. The van der Waals surface area contributed by atoms with E-state index in [0.29, 0.717) is 5.92 Å². The van der Waals surface area contributed by atoms with Crippen molar-refractivity contribution in [3.8, 4) is 0 Å². The maximum Gasteiger partial charge on any atom is 0.254 e. The third kappa shape index (κ3) is 3.48. The van der Waals surface area contributed by atoms with Crippen molar-refractivity contribution in [2.75, 3.05) is 26.8 Å². The number of ether oxygens (including phenoxy) is 1. The van der Waals surface area contributed by atoms with Gasteiger partial charge in [0.25, 0.3) is 5.91 Å². The Morgan fingerprint density at radius 1 is 1.53 bits per heavy atom. The molecule has 1 aromatic rings. The first-order valence-electron chi connectivity index (χ1n) is 6.66. The van der Waals surface area contributed by atoms with E-state index in [0.717, 1.165) is 47.2 Å². The molecule has 0 saturated carbocycles. The van der Waals surface area contributed by atoms with E-state index in [-0.39, 0.29) is 5.91 Å². The molecule has 1 amide bonds. The summed E-state index contributed by atoms with van der Waals surface area (Å²) in [6, 6.07) is 5.93. The fourth-order valence-electron chi connectivity index (χ4n) is 2.60. The van der Waals surface area contributed by atoms with Crippen LogP contribution in [0.15, 0.2) is 18.2 Å². The van der Waals surface area contributed by atoms with Gasteiger partial charge in [-0.3, -0.25) is 4.79 Å². The van der Waals surface area contributed by atoms with Crippen molar-refractivity contribution in [2.45, 2.75) is 19.8 Å². The smallest absolute Gasteiger partial charge is 0.254 e. The van der Waals surface area contributed by atoms with Crippen LogP contribution in [0.25, 0.3) is 0 Å². The van der Waals surface area contributed by atoms with E-state index in [4.69, 9.17) is 4.74 Å². The van der Waals surface area contributed by atoms with E-state index in [2.05, 4.69) is 22.6 Å². The monoisotopic (exact) mass is 373 g/mol. The van der Waals surface area contributed by atoms with Crippen LogP contribution in [0.4, 0.5) is 0 Å². The number of piperidine rings is 1. The van der Waals surface area contributed by atoms with Gasteiger partial charge in [0.15, 0.2) is 0 Å². The van der Waals surface area contributed by atoms with Crippen LogP contribution in [0.1, 0.15) is 28.8 Å². The summed E-state index contributed by atoms with van der Waals surface area (Å²) < 4.78 is 6.29. The van der Waals surface area contributed by atoms with E-state index in [1.165, 1.54) is 0 Å². The molecule has 2 rings (SSSR count). The van der Waals surface area contributed by atoms with E-state index in [1.807, 2.05) is 30.0 Å². The fraction of sp³-hybridized carbons (Fsp3) is 0.533. The number of methoxy groups -OCH3 is 1. The second-order valence-electron chi connectivity index (χ2n) is 5.15. The Bertz CT molecular complexity index is 459. The quantitative estimate of drug-likeness (QED) is 0.763. The molecule has 0 spiro atoms. The molecule has 0 radical (unpaired) electrons. The number of benzene rings is 1. The first-order chi connectivity index (χ1) is 9.13. The third-order valence-corrected chi connectivity index (χ3v) is 5.06. The molecule has 1 saturated heterocycles. The minimum Gasteiger partial charge on any atom is -0.384 e. The molecule has 19 heavy (non-hydrogen) atoms. The predicted octanol–water partition coefficient (Wildman–Crippen LogP) is 3.10. The SMILES string of the molecule is COCC1CCCN(C(=O)c2cccc(C)c2I)C1. The minimum absolute atomic E-state index is 0.161. The van der Waals surface area contributed by atoms with Gasteiger partial charge < -0.3 is 9.64 Å². The number of likely N-dealkylation sites (tertiary alicyclic amines) is 1. The van der Waals surface area contributed by atoms with E-state index < -0.39 is 0 Å². The van der Waals surface area contributed by atoms with Crippen molar-refractivity contribution in [1.29, 1.82) is 0 Å². The predicted molar refractivity (Wildman–Crippen MR) is 84.4 cm³/mol. The van der Waals surface area contributed by atoms with Gasteiger partial charge in [0.05, 0.1) is 12.2 Å². The lowest BCUT2D eigenvalue weighted by molar-refractivity contribution is 0.0570. The second-order valence-corrected chi connectivity index (χ2v) is 6.23. The van der Waals surface area contributed by atoms with Crippen molar-refractivity contribution >= 4 is 28.5 Å². The number of nitrogens with zero attached hydrogens (tertiary/aromatic N) is 1. The lowest BCUT2D eigenvalue weighted by atomic mass is 9.98. The van der Waals surface area contributed by atoms with Gasteiger partial charge in [0, 0.05) is 23.8 Å². The first kappa shape index (κ1) is 14.8. The highest BCUT2D eigenvalue weighted by Gasteiger charge is 2.25. The maximum absolute atomic E-state index is 12.6. The number of carbonyl (C=O) groups excluding carboxylic acids is 1. The largest absolute Gasteiger partial charge is 0.384 e. The summed E-state index contributed by atoms with van der Waals surface area (Å²) in [5.41, 5.74) is 2.00. The van der Waals surface area contributed by atoms with Crippen molar-refractivity contribution in [3.05, 3.63) is 32.9 Å². The van der Waals surface area contributed by atoms with Crippen molar-refractivity contribution < 1.29 is 9.53 Å². The molecule has 0 bridgehead atoms. The zero-order valence-corrected chi connectivity index (χ0v) is 13.6. The van der Waals surface area contributed by atoms with Crippen LogP contribution in [0.3, 0.4) is 0 Å².